The third-order valence-corrected chi connectivity index (χ3v) is 3.02. The van der Waals surface area contributed by atoms with Crippen LogP contribution >= 0.6 is 23.2 Å². The van der Waals surface area contributed by atoms with Crippen LogP contribution in [0.5, 0.6) is 0 Å². The van der Waals surface area contributed by atoms with Crippen molar-refractivity contribution >= 4 is 28.9 Å². The van der Waals surface area contributed by atoms with Crippen LogP contribution in [-0.2, 0) is 0 Å². The monoisotopic (exact) mass is 244 g/mol. The summed E-state index contributed by atoms with van der Waals surface area (Å²) in [5.41, 5.74) is 1.11. The Balaban J connectivity index is 2.20. The normalized spacial score (nSPS) is 21.8. The minimum atomic E-state index is 0.511. The Labute approximate surface area is 100 Å². The highest BCUT2D eigenvalue weighted by atomic mass is 35.5. The summed E-state index contributed by atoms with van der Waals surface area (Å²) in [6.45, 7) is 5.18. The van der Waals surface area contributed by atoms with Gasteiger partial charge in [0.1, 0.15) is 0 Å². The van der Waals surface area contributed by atoms with E-state index in [1.165, 1.54) is 0 Å². The smallest absolute Gasteiger partial charge is 0.0441 e. The molecule has 1 aromatic carbocycles. The lowest BCUT2D eigenvalue weighted by Crippen LogP contribution is -2.49. The van der Waals surface area contributed by atoms with Crippen LogP contribution in [-0.4, -0.2) is 25.7 Å². The largest absolute Gasteiger partial charge is 0.369 e. The van der Waals surface area contributed by atoms with Gasteiger partial charge in [0.05, 0.1) is 0 Å². The number of piperazine rings is 1. The Morgan fingerprint density at radius 2 is 1.93 bits per heavy atom. The summed E-state index contributed by atoms with van der Waals surface area (Å²) in [5, 5.41) is 4.80. The maximum absolute atomic E-state index is 5.98. The molecule has 1 heterocycles. The van der Waals surface area contributed by atoms with Gasteiger partial charge in [0.15, 0.2) is 0 Å². The molecule has 0 spiro atoms. The quantitative estimate of drug-likeness (QED) is 0.818. The number of rotatable bonds is 1. The van der Waals surface area contributed by atoms with Gasteiger partial charge in [-0.05, 0) is 25.1 Å². The van der Waals surface area contributed by atoms with Gasteiger partial charge in [0, 0.05) is 41.4 Å². The number of nitrogens with zero attached hydrogens (tertiary/aromatic N) is 1. The lowest BCUT2D eigenvalue weighted by atomic mass is 10.2. The maximum Gasteiger partial charge on any atom is 0.0441 e. The molecule has 1 aromatic rings. The van der Waals surface area contributed by atoms with Gasteiger partial charge in [-0.1, -0.05) is 23.2 Å². The molecule has 82 valence electrons. The van der Waals surface area contributed by atoms with Gasteiger partial charge in [-0.25, -0.2) is 0 Å². The van der Waals surface area contributed by atoms with E-state index in [1.807, 2.05) is 12.1 Å². The molecule has 0 amide bonds. The second kappa shape index (κ2) is 4.60. The number of hydrogen-bond donors (Lipinski definition) is 1. The van der Waals surface area contributed by atoms with Gasteiger partial charge < -0.3 is 10.2 Å². The van der Waals surface area contributed by atoms with E-state index in [2.05, 4.69) is 17.1 Å². The van der Waals surface area contributed by atoms with Crippen LogP contribution in [0.2, 0.25) is 10.0 Å². The van der Waals surface area contributed by atoms with E-state index in [0.29, 0.717) is 16.1 Å². The summed E-state index contributed by atoms with van der Waals surface area (Å²) in [4.78, 5) is 2.30. The second-order valence-corrected chi connectivity index (χ2v) is 4.80. The van der Waals surface area contributed by atoms with Crippen molar-refractivity contribution in [2.75, 3.05) is 24.5 Å². The Morgan fingerprint density at radius 1 is 1.27 bits per heavy atom. The van der Waals surface area contributed by atoms with Gasteiger partial charge in [0.2, 0.25) is 0 Å². The lowest BCUT2D eigenvalue weighted by molar-refractivity contribution is 0.485. The van der Waals surface area contributed by atoms with Crippen molar-refractivity contribution in [3.63, 3.8) is 0 Å². The summed E-state index contributed by atoms with van der Waals surface area (Å²) < 4.78 is 0. The summed E-state index contributed by atoms with van der Waals surface area (Å²) in [6.07, 6.45) is 0. The first-order valence-electron chi connectivity index (χ1n) is 5.09. The van der Waals surface area contributed by atoms with Gasteiger partial charge in [-0.15, -0.1) is 0 Å². The molecule has 1 atom stereocenters. The standard InChI is InChI=1S/C11H14Cl2N2/c1-8-7-15(3-2-14-8)11-5-9(12)4-10(13)6-11/h4-6,8,14H,2-3,7H2,1H3. The Kier molecular flexibility index (Phi) is 3.39. The third kappa shape index (κ3) is 2.77. The summed E-state index contributed by atoms with van der Waals surface area (Å²) in [5.74, 6) is 0. The van der Waals surface area contributed by atoms with Crippen LogP contribution in [0, 0.1) is 0 Å². The van der Waals surface area contributed by atoms with Crippen LogP contribution in [0.1, 0.15) is 6.92 Å². The topological polar surface area (TPSA) is 15.3 Å². The molecular weight excluding hydrogens is 231 g/mol. The summed E-state index contributed by atoms with van der Waals surface area (Å²) in [6, 6.07) is 6.20. The molecule has 0 aromatic heterocycles. The van der Waals surface area contributed by atoms with Crippen LogP contribution in [0.4, 0.5) is 5.69 Å². The fraction of sp³-hybridized carbons (Fsp3) is 0.455. The molecule has 0 bridgehead atoms. The molecule has 0 aliphatic carbocycles. The maximum atomic E-state index is 5.98. The number of anilines is 1. The van der Waals surface area contributed by atoms with E-state index < -0.39 is 0 Å². The van der Waals surface area contributed by atoms with E-state index in [4.69, 9.17) is 23.2 Å². The highest BCUT2D eigenvalue weighted by Crippen LogP contribution is 2.25. The number of halogens is 2. The van der Waals surface area contributed by atoms with Gasteiger partial charge in [-0.2, -0.15) is 0 Å². The molecule has 1 aliphatic rings. The Bertz CT molecular complexity index is 334. The molecule has 4 heteroatoms. The van der Waals surface area contributed by atoms with Crippen molar-refractivity contribution < 1.29 is 0 Å². The first-order valence-corrected chi connectivity index (χ1v) is 5.85. The van der Waals surface area contributed by atoms with Crippen LogP contribution in [0.25, 0.3) is 0 Å². The van der Waals surface area contributed by atoms with E-state index in [-0.39, 0.29) is 0 Å². The predicted molar refractivity (Wildman–Crippen MR) is 66.1 cm³/mol. The molecule has 1 saturated heterocycles. The summed E-state index contributed by atoms with van der Waals surface area (Å²) in [7, 11) is 0. The summed E-state index contributed by atoms with van der Waals surface area (Å²) >= 11 is 12.0. The molecule has 15 heavy (non-hydrogen) atoms. The fourth-order valence-corrected chi connectivity index (χ4v) is 2.40. The van der Waals surface area contributed by atoms with Crippen LogP contribution < -0.4 is 10.2 Å². The van der Waals surface area contributed by atoms with Gasteiger partial charge in [0.25, 0.3) is 0 Å². The number of hydrogen-bond acceptors (Lipinski definition) is 2. The fourth-order valence-electron chi connectivity index (χ4n) is 1.89. The van der Waals surface area contributed by atoms with Crippen molar-refractivity contribution in [3.8, 4) is 0 Å². The van der Waals surface area contributed by atoms with Crippen LogP contribution in [0.3, 0.4) is 0 Å². The van der Waals surface area contributed by atoms with Crippen molar-refractivity contribution in [2.24, 2.45) is 0 Å². The highest BCUT2D eigenvalue weighted by molar-refractivity contribution is 6.35. The third-order valence-electron chi connectivity index (χ3n) is 2.58. The van der Waals surface area contributed by atoms with Crippen LogP contribution in [0.15, 0.2) is 18.2 Å². The molecule has 0 radical (unpaired) electrons. The Hall–Kier alpha value is -0.440. The number of nitrogens with one attached hydrogen (secondary N) is 1. The molecule has 1 unspecified atom stereocenters. The first-order chi connectivity index (χ1) is 7.15. The Morgan fingerprint density at radius 3 is 2.53 bits per heavy atom. The molecule has 1 N–H and O–H groups in total. The average Bonchev–Trinajstić information content (AvgIpc) is 2.16. The van der Waals surface area contributed by atoms with E-state index in [1.54, 1.807) is 6.07 Å². The number of benzene rings is 1. The van der Waals surface area contributed by atoms with Crippen molar-refractivity contribution in [1.82, 2.24) is 5.32 Å². The van der Waals surface area contributed by atoms with Crippen molar-refractivity contribution in [2.45, 2.75) is 13.0 Å². The molecule has 0 saturated carbocycles. The molecule has 2 nitrogen and oxygen atoms in total. The minimum Gasteiger partial charge on any atom is -0.369 e. The van der Waals surface area contributed by atoms with Crippen molar-refractivity contribution in [1.29, 1.82) is 0 Å². The molecule has 1 aliphatic heterocycles. The molecule has 1 fully saturated rings. The zero-order chi connectivity index (χ0) is 10.8. The lowest BCUT2D eigenvalue weighted by Gasteiger charge is -2.33. The zero-order valence-corrected chi connectivity index (χ0v) is 10.1. The average molecular weight is 245 g/mol. The SMILES string of the molecule is CC1CN(c2cc(Cl)cc(Cl)c2)CCN1. The molecular formula is C11H14Cl2N2. The highest BCUT2D eigenvalue weighted by Gasteiger charge is 2.16. The molecule has 2 rings (SSSR count). The van der Waals surface area contributed by atoms with E-state index in [0.717, 1.165) is 25.3 Å². The first kappa shape index (κ1) is 11.1. The predicted octanol–water partition coefficient (Wildman–Crippen LogP) is 2.79. The van der Waals surface area contributed by atoms with E-state index in [9.17, 15) is 0 Å². The van der Waals surface area contributed by atoms with E-state index >= 15 is 0 Å². The second-order valence-electron chi connectivity index (χ2n) is 3.93. The van der Waals surface area contributed by atoms with Gasteiger partial charge in [-0.3, -0.25) is 0 Å². The minimum absolute atomic E-state index is 0.511. The van der Waals surface area contributed by atoms with Gasteiger partial charge >= 0.3 is 0 Å². The van der Waals surface area contributed by atoms with Crippen molar-refractivity contribution in [3.05, 3.63) is 28.2 Å². The zero-order valence-electron chi connectivity index (χ0n) is 8.63.